The number of ether oxygens (including phenoxy) is 3. The van der Waals surface area contributed by atoms with E-state index >= 15 is 0 Å². The molecule has 1 aromatic rings. The fourth-order valence-corrected chi connectivity index (χ4v) is 2.72. The molecule has 2 unspecified atom stereocenters. The first kappa shape index (κ1) is 24.9. The zero-order chi connectivity index (χ0) is 19.3. The molecule has 0 spiro atoms. The maximum Gasteiger partial charge on any atom is 0.191 e. The highest BCUT2D eigenvalue weighted by Crippen LogP contribution is 2.14. The molecule has 160 valence electrons. The van der Waals surface area contributed by atoms with Gasteiger partial charge in [-0.1, -0.05) is 6.07 Å². The molecular formula is C20H33FIN3O3. The molecule has 0 aromatic heterocycles. The Morgan fingerprint density at radius 3 is 2.96 bits per heavy atom. The summed E-state index contributed by atoms with van der Waals surface area (Å²) in [6.45, 7) is 9.17. The molecule has 2 rings (SSSR count). The zero-order valence-electron chi connectivity index (χ0n) is 16.8. The molecular weight excluding hydrogens is 476 g/mol. The molecule has 0 amide bonds. The van der Waals surface area contributed by atoms with Crippen molar-refractivity contribution in [2.24, 2.45) is 10.9 Å². The number of hydrogen-bond acceptors (Lipinski definition) is 4. The van der Waals surface area contributed by atoms with Crippen LogP contribution in [0.1, 0.15) is 26.7 Å². The Morgan fingerprint density at radius 2 is 2.25 bits per heavy atom. The summed E-state index contributed by atoms with van der Waals surface area (Å²) < 4.78 is 29.9. The Labute approximate surface area is 184 Å². The van der Waals surface area contributed by atoms with Crippen LogP contribution in [0.4, 0.5) is 4.39 Å². The van der Waals surface area contributed by atoms with Crippen LogP contribution in [0.15, 0.2) is 29.3 Å². The lowest BCUT2D eigenvalue weighted by Gasteiger charge is -2.15. The molecule has 0 radical (unpaired) electrons. The summed E-state index contributed by atoms with van der Waals surface area (Å²) in [6.07, 6.45) is 1.86. The van der Waals surface area contributed by atoms with Crippen molar-refractivity contribution in [1.82, 2.24) is 10.6 Å². The van der Waals surface area contributed by atoms with Gasteiger partial charge >= 0.3 is 0 Å². The van der Waals surface area contributed by atoms with E-state index in [1.807, 2.05) is 13.8 Å². The number of rotatable bonds is 11. The van der Waals surface area contributed by atoms with Crippen molar-refractivity contribution in [3.63, 3.8) is 0 Å². The second-order valence-electron chi connectivity index (χ2n) is 6.69. The maximum absolute atomic E-state index is 13.2. The van der Waals surface area contributed by atoms with E-state index in [2.05, 4.69) is 15.6 Å². The molecule has 0 saturated carbocycles. The zero-order valence-corrected chi connectivity index (χ0v) is 19.1. The first-order valence-corrected chi connectivity index (χ1v) is 9.77. The van der Waals surface area contributed by atoms with Crippen molar-refractivity contribution in [1.29, 1.82) is 0 Å². The van der Waals surface area contributed by atoms with Crippen LogP contribution in [0.2, 0.25) is 0 Å². The Kier molecular flexibility index (Phi) is 13.2. The number of benzene rings is 1. The van der Waals surface area contributed by atoms with Crippen LogP contribution in [0.25, 0.3) is 0 Å². The van der Waals surface area contributed by atoms with Gasteiger partial charge in [-0.3, -0.25) is 0 Å². The van der Waals surface area contributed by atoms with Crippen molar-refractivity contribution in [2.75, 3.05) is 46.1 Å². The Morgan fingerprint density at radius 1 is 1.39 bits per heavy atom. The predicted octanol–water partition coefficient (Wildman–Crippen LogP) is 3.21. The SMILES string of the molecule is CCNC(=NCC(C)Oc1cccc(F)c1)NCCCOCC1CCOC1.I. The van der Waals surface area contributed by atoms with Crippen molar-refractivity contribution >= 4 is 29.9 Å². The van der Waals surface area contributed by atoms with Crippen LogP contribution >= 0.6 is 24.0 Å². The maximum atomic E-state index is 13.2. The Balaban J connectivity index is 0.00000392. The van der Waals surface area contributed by atoms with E-state index in [9.17, 15) is 4.39 Å². The van der Waals surface area contributed by atoms with Crippen LogP contribution < -0.4 is 15.4 Å². The average molecular weight is 509 g/mol. The molecule has 1 aromatic carbocycles. The molecule has 1 heterocycles. The minimum atomic E-state index is -0.305. The summed E-state index contributed by atoms with van der Waals surface area (Å²) in [6, 6.07) is 6.15. The molecule has 2 atom stereocenters. The second kappa shape index (κ2) is 14.8. The molecule has 28 heavy (non-hydrogen) atoms. The van der Waals surface area contributed by atoms with Crippen LogP contribution in [-0.2, 0) is 9.47 Å². The average Bonchev–Trinajstić information content (AvgIpc) is 3.16. The van der Waals surface area contributed by atoms with Gasteiger partial charge in [-0.05, 0) is 38.8 Å². The van der Waals surface area contributed by atoms with Crippen LogP contribution in [0.5, 0.6) is 5.75 Å². The van der Waals surface area contributed by atoms with Gasteiger partial charge in [-0.25, -0.2) is 9.38 Å². The van der Waals surface area contributed by atoms with E-state index in [0.717, 1.165) is 58.3 Å². The topological polar surface area (TPSA) is 64.1 Å². The first-order valence-electron chi connectivity index (χ1n) is 9.77. The van der Waals surface area contributed by atoms with Gasteiger partial charge in [0.25, 0.3) is 0 Å². The monoisotopic (exact) mass is 509 g/mol. The van der Waals surface area contributed by atoms with E-state index in [1.165, 1.54) is 12.1 Å². The highest BCUT2D eigenvalue weighted by molar-refractivity contribution is 14.0. The number of aliphatic imine (C=N–C) groups is 1. The molecule has 0 aliphatic carbocycles. The second-order valence-corrected chi connectivity index (χ2v) is 6.69. The molecule has 1 aliphatic heterocycles. The van der Waals surface area contributed by atoms with Gasteiger partial charge in [-0.15, -0.1) is 24.0 Å². The van der Waals surface area contributed by atoms with Crippen molar-refractivity contribution in [3.05, 3.63) is 30.1 Å². The van der Waals surface area contributed by atoms with Crippen molar-refractivity contribution in [2.45, 2.75) is 32.8 Å². The summed E-state index contributed by atoms with van der Waals surface area (Å²) in [5.74, 6) is 1.51. The van der Waals surface area contributed by atoms with E-state index in [0.29, 0.717) is 18.2 Å². The van der Waals surface area contributed by atoms with Gasteiger partial charge in [0.15, 0.2) is 5.96 Å². The third-order valence-electron chi connectivity index (χ3n) is 4.12. The van der Waals surface area contributed by atoms with Gasteiger partial charge < -0.3 is 24.8 Å². The summed E-state index contributed by atoms with van der Waals surface area (Å²) >= 11 is 0. The molecule has 0 bridgehead atoms. The lowest BCUT2D eigenvalue weighted by Crippen LogP contribution is -2.38. The number of guanidine groups is 1. The Hall–Kier alpha value is -1.13. The van der Waals surface area contributed by atoms with Crippen LogP contribution in [-0.4, -0.2) is 58.1 Å². The Bertz CT molecular complexity index is 571. The fourth-order valence-electron chi connectivity index (χ4n) is 2.72. The number of nitrogens with zero attached hydrogens (tertiary/aromatic N) is 1. The summed E-state index contributed by atoms with van der Waals surface area (Å²) in [5.41, 5.74) is 0. The van der Waals surface area contributed by atoms with Gasteiger partial charge in [-0.2, -0.15) is 0 Å². The van der Waals surface area contributed by atoms with Crippen molar-refractivity contribution in [3.8, 4) is 5.75 Å². The molecule has 8 heteroatoms. The summed E-state index contributed by atoms with van der Waals surface area (Å²) in [7, 11) is 0. The normalized spacial score (nSPS) is 17.7. The van der Waals surface area contributed by atoms with E-state index < -0.39 is 0 Å². The lowest BCUT2D eigenvalue weighted by atomic mass is 10.1. The van der Waals surface area contributed by atoms with Gasteiger partial charge in [0.05, 0.1) is 19.8 Å². The highest BCUT2D eigenvalue weighted by Gasteiger charge is 2.15. The van der Waals surface area contributed by atoms with Crippen LogP contribution in [0, 0.1) is 11.7 Å². The highest BCUT2D eigenvalue weighted by atomic mass is 127. The molecule has 1 aliphatic rings. The third kappa shape index (κ3) is 10.4. The minimum absolute atomic E-state index is 0. The summed E-state index contributed by atoms with van der Waals surface area (Å²) in [5, 5.41) is 6.51. The van der Waals surface area contributed by atoms with E-state index in [4.69, 9.17) is 14.2 Å². The minimum Gasteiger partial charge on any atom is -0.489 e. The first-order chi connectivity index (χ1) is 13.2. The standard InChI is InChI=1S/C20H32FN3O3.HI/c1-3-22-20(23-9-5-10-25-14-17-8-11-26-15-17)24-13-16(2)27-19-7-4-6-18(21)12-19;/h4,6-7,12,16-17H,3,5,8-11,13-15H2,1-2H3,(H2,22,23,24);1H. The lowest BCUT2D eigenvalue weighted by molar-refractivity contribution is 0.0888. The van der Waals surface area contributed by atoms with Crippen LogP contribution in [0.3, 0.4) is 0 Å². The van der Waals surface area contributed by atoms with E-state index in [-0.39, 0.29) is 35.9 Å². The largest absolute Gasteiger partial charge is 0.489 e. The quantitative estimate of drug-likeness (QED) is 0.208. The van der Waals surface area contributed by atoms with Gasteiger partial charge in [0.2, 0.25) is 0 Å². The van der Waals surface area contributed by atoms with Gasteiger partial charge in [0.1, 0.15) is 17.7 Å². The fraction of sp³-hybridized carbons (Fsp3) is 0.650. The molecule has 1 fully saturated rings. The predicted molar refractivity (Wildman–Crippen MR) is 120 cm³/mol. The smallest absolute Gasteiger partial charge is 0.191 e. The number of nitrogens with one attached hydrogen (secondary N) is 2. The third-order valence-corrected chi connectivity index (χ3v) is 4.12. The molecule has 1 saturated heterocycles. The summed E-state index contributed by atoms with van der Waals surface area (Å²) in [4.78, 5) is 4.53. The van der Waals surface area contributed by atoms with Gasteiger partial charge in [0, 0.05) is 38.3 Å². The molecule has 2 N–H and O–H groups in total. The number of halogens is 2. The van der Waals surface area contributed by atoms with E-state index in [1.54, 1.807) is 12.1 Å². The molecule has 6 nitrogen and oxygen atoms in total. The van der Waals surface area contributed by atoms with Crippen molar-refractivity contribution < 1.29 is 18.6 Å². The number of hydrogen-bond donors (Lipinski definition) is 2.